The van der Waals surface area contributed by atoms with Gasteiger partial charge in [-0.05, 0) is 37.1 Å². The van der Waals surface area contributed by atoms with Crippen molar-refractivity contribution in [3.05, 3.63) is 59.2 Å². The van der Waals surface area contributed by atoms with E-state index in [2.05, 4.69) is 12.0 Å². The van der Waals surface area contributed by atoms with Gasteiger partial charge in [0.2, 0.25) is 0 Å². The van der Waals surface area contributed by atoms with Gasteiger partial charge in [-0.2, -0.15) is 5.10 Å². The van der Waals surface area contributed by atoms with Gasteiger partial charge >= 0.3 is 5.97 Å². The topological polar surface area (TPSA) is 79.2 Å². The number of para-hydroxylation sites is 1. The molecule has 0 spiro atoms. The highest BCUT2D eigenvalue weighted by Gasteiger charge is 2.33. The van der Waals surface area contributed by atoms with E-state index in [1.807, 2.05) is 6.07 Å². The molecule has 6 heteroatoms. The SMILES string of the molecule is CCCCC1OC(=O)c2cc(N3N=C(c4ccccc4O)CC3=O)ccc21. The maximum absolute atomic E-state index is 12.5. The van der Waals surface area contributed by atoms with E-state index in [1.54, 1.807) is 36.4 Å². The number of benzene rings is 2. The molecular weight excluding hydrogens is 344 g/mol. The van der Waals surface area contributed by atoms with Crippen LogP contribution in [0.25, 0.3) is 0 Å². The third-order valence-electron chi connectivity index (χ3n) is 4.91. The van der Waals surface area contributed by atoms with Crippen LogP contribution in [-0.2, 0) is 9.53 Å². The molecule has 0 radical (unpaired) electrons. The van der Waals surface area contributed by atoms with E-state index in [-0.39, 0.29) is 30.2 Å². The van der Waals surface area contributed by atoms with Crippen LogP contribution in [0.5, 0.6) is 5.75 Å². The lowest BCUT2D eigenvalue weighted by atomic mass is 10.0. The van der Waals surface area contributed by atoms with Crippen molar-refractivity contribution >= 4 is 23.3 Å². The Morgan fingerprint density at radius 1 is 1.19 bits per heavy atom. The van der Waals surface area contributed by atoms with E-state index < -0.39 is 0 Å². The highest BCUT2D eigenvalue weighted by Crippen LogP contribution is 2.37. The van der Waals surface area contributed by atoms with E-state index in [1.165, 1.54) is 5.01 Å². The van der Waals surface area contributed by atoms with E-state index in [0.29, 0.717) is 22.5 Å². The zero-order chi connectivity index (χ0) is 19.0. The normalized spacial score (nSPS) is 18.5. The molecule has 1 N–H and O–H groups in total. The van der Waals surface area contributed by atoms with Crippen molar-refractivity contribution in [2.45, 2.75) is 38.7 Å². The van der Waals surface area contributed by atoms with Crippen LogP contribution in [0.3, 0.4) is 0 Å². The molecule has 2 aromatic rings. The minimum Gasteiger partial charge on any atom is -0.507 e. The molecule has 0 aliphatic carbocycles. The number of fused-ring (bicyclic) bond motifs is 1. The number of hydrazone groups is 1. The minimum absolute atomic E-state index is 0.0854. The Kier molecular flexibility index (Phi) is 4.39. The number of carbonyl (C=O) groups is 2. The maximum atomic E-state index is 12.5. The van der Waals surface area contributed by atoms with Crippen molar-refractivity contribution in [3.63, 3.8) is 0 Å². The summed E-state index contributed by atoms with van der Waals surface area (Å²) in [7, 11) is 0. The van der Waals surface area contributed by atoms with Gasteiger partial charge in [0.15, 0.2) is 0 Å². The van der Waals surface area contributed by atoms with Gasteiger partial charge in [-0.25, -0.2) is 9.80 Å². The molecule has 1 amide bonds. The number of ether oxygens (including phenoxy) is 1. The first-order valence-electron chi connectivity index (χ1n) is 9.12. The molecule has 0 bridgehead atoms. The van der Waals surface area contributed by atoms with Crippen molar-refractivity contribution in [2.24, 2.45) is 5.10 Å². The summed E-state index contributed by atoms with van der Waals surface area (Å²) < 4.78 is 5.47. The summed E-state index contributed by atoms with van der Waals surface area (Å²) in [6.07, 6.45) is 2.70. The Bertz CT molecular complexity index is 951. The summed E-state index contributed by atoms with van der Waals surface area (Å²) >= 11 is 0. The second-order valence-corrected chi connectivity index (χ2v) is 6.75. The molecular formula is C21H20N2O4. The number of cyclic esters (lactones) is 1. The van der Waals surface area contributed by atoms with E-state index in [4.69, 9.17) is 4.74 Å². The van der Waals surface area contributed by atoms with Crippen molar-refractivity contribution in [1.82, 2.24) is 0 Å². The molecule has 0 saturated heterocycles. The first-order chi connectivity index (χ1) is 13.1. The number of hydrogen-bond donors (Lipinski definition) is 1. The van der Waals surface area contributed by atoms with Crippen LogP contribution in [0.15, 0.2) is 47.6 Å². The van der Waals surface area contributed by atoms with Gasteiger partial charge in [0, 0.05) is 11.1 Å². The average molecular weight is 364 g/mol. The zero-order valence-corrected chi connectivity index (χ0v) is 15.0. The van der Waals surface area contributed by atoms with Crippen molar-refractivity contribution in [2.75, 3.05) is 5.01 Å². The van der Waals surface area contributed by atoms with Crippen molar-refractivity contribution < 1.29 is 19.4 Å². The number of nitrogens with zero attached hydrogens (tertiary/aromatic N) is 2. The van der Waals surface area contributed by atoms with Crippen LogP contribution >= 0.6 is 0 Å². The summed E-state index contributed by atoms with van der Waals surface area (Å²) in [5.74, 6) is -0.478. The molecule has 0 saturated carbocycles. The molecule has 2 aliphatic rings. The first kappa shape index (κ1) is 17.3. The minimum atomic E-state index is -0.357. The Morgan fingerprint density at radius 3 is 2.78 bits per heavy atom. The molecule has 1 unspecified atom stereocenters. The average Bonchev–Trinajstić information content (AvgIpc) is 3.20. The maximum Gasteiger partial charge on any atom is 0.339 e. The van der Waals surface area contributed by atoms with Crippen LogP contribution in [0.1, 0.15) is 60.2 Å². The Morgan fingerprint density at radius 2 is 2.00 bits per heavy atom. The number of anilines is 1. The fourth-order valence-corrected chi connectivity index (χ4v) is 3.49. The van der Waals surface area contributed by atoms with Crippen LogP contribution in [0.2, 0.25) is 0 Å². The molecule has 0 aromatic heterocycles. The quantitative estimate of drug-likeness (QED) is 0.815. The summed E-state index contributed by atoms with van der Waals surface area (Å²) in [5, 5.41) is 15.7. The molecule has 6 nitrogen and oxygen atoms in total. The second-order valence-electron chi connectivity index (χ2n) is 6.75. The molecule has 2 aromatic carbocycles. The Hall–Kier alpha value is -3.15. The predicted molar refractivity (Wildman–Crippen MR) is 101 cm³/mol. The van der Waals surface area contributed by atoms with E-state index in [9.17, 15) is 14.7 Å². The molecule has 2 aliphatic heterocycles. The Labute approximate surface area is 157 Å². The van der Waals surface area contributed by atoms with E-state index in [0.717, 1.165) is 24.8 Å². The number of phenolic OH excluding ortho intramolecular Hbond substituents is 1. The lowest BCUT2D eigenvalue weighted by molar-refractivity contribution is -0.116. The third kappa shape index (κ3) is 3.07. The van der Waals surface area contributed by atoms with Gasteiger partial charge in [-0.3, -0.25) is 4.79 Å². The summed E-state index contributed by atoms with van der Waals surface area (Å²) in [6, 6.07) is 12.1. The van der Waals surface area contributed by atoms with Crippen molar-refractivity contribution in [1.29, 1.82) is 0 Å². The largest absolute Gasteiger partial charge is 0.507 e. The number of unbranched alkanes of at least 4 members (excludes halogenated alkanes) is 1. The fraction of sp³-hybridized carbons (Fsp3) is 0.286. The van der Waals surface area contributed by atoms with Gasteiger partial charge in [-0.1, -0.05) is 31.5 Å². The Balaban J connectivity index is 1.65. The first-order valence-corrected chi connectivity index (χ1v) is 9.12. The standard InChI is InChI=1S/C21H20N2O4/c1-2-3-8-19-14-10-9-13(11-16(14)21(26)27-19)23-20(25)12-17(22-23)15-6-4-5-7-18(15)24/h4-7,9-11,19,24H,2-3,8,12H2,1H3. The third-order valence-corrected chi connectivity index (χ3v) is 4.91. The van der Waals surface area contributed by atoms with Gasteiger partial charge in [0.1, 0.15) is 11.9 Å². The number of amides is 1. The molecule has 0 fully saturated rings. The summed E-state index contributed by atoms with van der Waals surface area (Å²) in [6.45, 7) is 2.10. The molecule has 27 heavy (non-hydrogen) atoms. The lowest BCUT2D eigenvalue weighted by Crippen LogP contribution is -2.19. The number of phenols is 1. The molecule has 4 rings (SSSR count). The lowest BCUT2D eigenvalue weighted by Gasteiger charge is -2.13. The summed E-state index contributed by atoms with van der Waals surface area (Å²) in [5.41, 5.74) is 2.93. The number of rotatable bonds is 5. The molecule has 2 heterocycles. The number of esters is 1. The van der Waals surface area contributed by atoms with E-state index >= 15 is 0 Å². The van der Waals surface area contributed by atoms with Gasteiger partial charge < -0.3 is 9.84 Å². The van der Waals surface area contributed by atoms with Gasteiger partial charge in [0.25, 0.3) is 5.91 Å². The van der Waals surface area contributed by atoms with Gasteiger partial charge in [-0.15, -0.1) is 0 Å². The monoisotopic (exact) mass is 364 g/mol. The zero-order valence-electron chi connectivity index (χ0n) is 15.0. The van der Waals surface area contributed by atoms with Gasteiger partial charge in [0.05, 0.1) is 23.4 Å². The van der Waals surface area contributed by atoms with Crippen molar-refractivity contribution in [3.8, 4) is 5.75 Å². The number of carbonyl (C=O) groups excluding carboxylic acids is 2. The number of aromatic hydroxyl groups is 1. The number of hydrogen-bond acceptors (Lipinski definition) is 5. The predicted octanol–water partition coefficient (Wildman–Crippen LogP) is 3.93. The molecule has 1 atom stereocenters. The molecule has 138 valence electrons. The highest BCUT2D eigenvalue weighted by molar-refractivity contribution is 6.20. The summed E-state index contributed by atoms with van der Waals surface area (Å²) in [4.78, 5) is 24.7. The fourth-order valence-electron chi connectivity index (χ4n) is 3.49. The van der Waals surface area contributed by atoms with Crippen LogP contribution in [-0.4, -0.2) is 22.7 Å². The van der Waals surface area contributed by atoms with Crippen LogP contribution in [0.4, 0.5) is 5.69 Å². The van der Waals surface area contributed by atoms with Crippen LogP contribution in [0, 0.1) is 0 Å². The smallest absolute Gasteiger partial charge is 0.339 e. The highest BCUT2D eigenvalue weighted by atomic mass is 16.5. The van der Waals surface area contributed by atoms with Crippen LogP contribution < -0.4 is 5.01 Å². The second kappa shape index (κ2) is 6.87.